The summed E-state index contributed by atoms with van der Waals surface area (Å²) >= 11 is 0. The minimum Gasteiger partial charge on any atom is -0.464 e. The van der Waals surface area contributed by atoms with Gasteiger partial charge in [-0.25, -0.2) is 9.59 Å². The molecule has 1 aromatic rings. The number of hydrogen-bond acceptors (Lipinski definition) is 6. The third-order valence-electron chi connectivity index (χ3n) is 2.50. The number of amides is 1. The minimum atomic E-state index is -1.46. The molecule has 0 radical (unpaired) electrons. The zero-order chi connectivity index (χ0) is 15.8. The highest BCUT2D eigenvalue weighted by Gasteiger charge is 2.24. The number of para-hydroxylation sites is 1. The first-order valence-corrected chi connectivity index (χ1v) is 6.50. The van der Waals surface area contributed by atoms with Crippen LogP contribution in [0.25, 0.3) is 0 Å². The number of esters is 2. The standard InChI is InChI=1S/C14H18N2O5/c1-3-20-13(18)9-7-5-6-8-10(9)16-12(17)11(15)14(19)21-4-2/h5-8,11H,3-4,15H2,1-2H3,(H,16,17). The fraction of sp³-hybridized carbons (Fsp3) is 0.357. The van der Waals surface area contributed by atoms with Crippen LogP contribution in [0.2, 0.25) is 0 Å². The Morgan fingerprint density at radius 1 is 1.14 bits per heavy atom. The second-order valence-electron chi connectivity index (χ2n) is 3.99. The van der Waals surface area contributed by atoms with Crippen LogP contribution in [0.3, 0.4) is 0 Å². The first kappa shape index (κ1) is 16.6. The summed E-state index contributed by atoms with van der Waals surface area (Å²) in [4.78, 5) is 35.0. The van der Waals surface area contributed by atoms with E-state index in [1.165, 1.54) is 12.1 Å². The minimum absolute atomic E-state index is 0.124. The number of nitrogens with one attached hydrogen (secondary N) is 1. The van der Waals surface area contributed by atoms with Crippen LogP contribution in [0.5, 0.6) is 0 Å². The highest BCUT2D eigenvalue weighted by molar-refractivity contribution is 6.10. The molecule has 7 heteroatoms. The molecule has 1 aromatic carbocycles. The van der Waals surface area contributed by atoms with Gasteiger partial charge in [0.25, 0.3) is 5.91 Å². The summed E-state index contributed by atoms with van der Waals surface area (Å²) < 4.78 is 9.55. The molecule has 1 atom stereocenters. The summed E-state index contributed by atoms with van der Waals surface area (Å²) in [7, 11) is 0. The molecule has 21 heavy (non-hydrogen) atoms. The summed E-state index contributed by atoms with van der Waals surface area (Å²) in [6.07, 6.45) is 0. The molecule has 0 saturated carbocycles. The van der Waals surface area contributed by atoms with Gasteiger partial charge in [0.05, 0.1) is 24.5 Å². The van der Waals surface area contributed by atoms with Gasteiger partial charge in [0.1, 0.15) is 0 Å². The van der Waals surface area contributed by atoms with Crippen LogP contribution in [0.1, 0.15) is 24.2 Å². The van der Waals surface area contributed by atoms with Crippen molar-refractivity contribution >= 4 is 23.5 Å². The topological polar surface area (TPSA) is 108 Å². The van der Waals surface area contributed by atoms with Crippen LogP contribution in [-0.4, -0.2) is 37.1 Å². The summed E-state index contributed by atoms with van der Waals surface area (Å²) in [6, 6.07) is 4.83. The van der Waals surface area contributed by atoms with Gasteiger partial charge >= 0.3 is 11.9 Å². The van der Waals surface area contributed by atoms with Gasteiger partial charge in [-0.05, 0) is 26.0 Å². The lowest BCUT2D eigenvalue weighted by atomic mass is 10.1. The van der Waals surface area contributed by atoms with E-state index in [1.54, 1.807) is 26.0 Å². The number of benzene rings is 1. The lowest BCUT2D eigenvalue weighted by Crippen LogP contribution is -2.43. The Bertz CT molecular complexity index is 530. The van der Waals surface area contributed by atoms with Gasteiger partial charge in [0.2, 0.25) is 0 Å². The maximum atomic E-state index is 11.9. The van der Waals surface area contributed by atoms with E-state index in [0.717, 1.165) is 0 Å². The monoisotopic (exact) mass is 294 g/mol. The predicted molar refractivity (Wildman–Crippen MR) is 75.6 cm³/mol. The molecular formula is C14H18N2O5. The number of nitrogens with two attached hydrogens (primary N) is 1. The molecule has 114 valence electrons. The normalized spacial score (nSPS) is 11.4. The maximum Gasteiger partial charge on any atom is 0.340 e. The molecule has 0 spiro atoms. The van der Waals surface area contributed by atoms with E-state index in [9.17, 15) is 14.4 Å². The third-order valence-corrected chi connectivity index (χ3v) is 2.50. The Kier molecular flexibility index (Phi) is 6.35. The third kappa shape index (κ3) is 4.57. The molecule has 3 N–H and O–H groups in total. The fourth-order valence-electron chi connectivity index (χ4n) is 1.53. The Balaban J connectivity index is 2.85. The van der Waals surface area contributed by atoms with E-state index in [2.05, 4.69) is 10.1 Å². The second kappa shape index (κ2) is 8.01. The van der Waals surface area contributed by atoms with Crippen LogP contribution < -0.4 is 11.1 Å². The van der Waals surface area contributed by atoms with Crippen molar-refractivity contribution in [2.75, 3.05) is 18.5 Å². The first-order valence-electron chi connectivity index (χ1n) is 6.50. The number of rotatable bonds is 6. The van der Waals surface area contributed by atoms with Gasteiger partial charge in [-0.2, -0.15) is 0 Å². The Hall–Kier alpha value is -2.41. The summed E-state index contributed by atoms with van der Waals surface area (Å²) in [5.74, 6) is -2.16. The van der Waals surface area contributed by atoms with Crippen molar-refractivity contribution in [3.8, 4) is 0 Å². The van der Waals surface area contributed by atoms with E-state index in [-0.39, 0.29) is 24.5 Å². The zero-order valence-corrected chi connectivity index (χ0v) is 11.9. The largest absolute Gasteiger partial charge is 0.464 e. The van der Waals surface area contributed by atoms with Gasteiger partial charge in [0, 0.05) is 0 Å². The lowest BCUT2D eigenvalue weighted by molar-refractivity contribution is -0.146. The van der Waals surface area contributed by atoms with E-state index < -0.39 is 23.9 Å². The molecular weight excluding hydrogens is 276 g/mol. The summed E-state index contributed by atoms with van der Waals surface area (Å²) in [5, 5.41) is 2.42. The molecule has 7 nitrogen and oxygen atoms in total. The first-order chi connectivity index (χ1) is 10.0. The van der Waals surface area contributed by atoms with Crippen molar-refractivity contribution in [3.63, 3.8) is 0 Å². The molecule has 1 amide bonds. The summed E-state index contributed by atoms with van der Waals surface area (Å²) in [6.45, 7) is 3.62. The summed E-state index contributed by atoms with van der Waals surface area (Å²) in [5.41, 5.74) is 5.88. The molecule has 0 aromatic heterocycles. The zero-order valence-electron chi connectivity index (χ0n) is 11.9. The fourth-order valence-corrected chi connectivity index (χ4v) is 1.53. The van der Waals surface area contributed by atoms with Crippen LogP contribution in [0.4, 0.5) is 5.69 Å². The smallest absolute Gasteiger partial charge is 0.340 e. The lowest BCUT2D eigenvalue weighted by Gasteiger charge is -2.13. The average molecular weight is 294 g/mol. The maximum absolute atomic E-state index is 11.9. The van der Waals surface area contributed by atoms with Gasteiger partial charge in [-0.1, -0.05) is 12.1 Å². The molecule has 0 aliphatic heterocycles. The van der Waals surface area contributed by atoms with E-state index in [4.69, 9.17) is 10.5 Å². The van der Waals surface area contributed by atoms with Crippen molar-refractivity contribution in [2.45, 2.75) is 19.9 Å². The van der Waals surface area contributed by atoms with Crippen LogP contribution in [0.15, 0.2) is 24.3 Å². The van der Waals surface area contributed by atoms with E-state index in [1.807, 2.05) is 0 Å². The average Bonchev–Trinajstić information content (AvgIpc) is 2.47. The molecule has 1 rings (SSSR count). The van der Waals surface area contributed by atoms with E-state index in [0.29, 0.717) is 0 Å². The van der Waals surface area contributed by atoms with Gasteiger partial charge in [0.15, 0.2) is 6.04 Å². The van der Waals surface area contributed by atoms with E-state index >= 15 is 0 Å². The molecule has 0 aliphatic rings. The predicted octanol–water partition coefficient (Wildman–Crippen LogP) is 0.692. The number of carbonyl (C=O) groups is 3. The molecule has 1 unspecified atom stereocenters. The van der Waals surface area contributed by atoms with Crippen molar-refractivity contribution in [3.05, 3.63) is 29.8 Å². The highest BCUT2D eigenvalue weighted by atomic mass is 16.5. The van der Waals surface area contributed by atoms with Crippen molar-refractivity contribution in [1.82, 2.24) is 0 Å². The molecule has 0 heterocycles. The van der Waals surface area contributed by atoms with Crippen molar-refractivity contribution in [2.24, 2.45) is 5.73 Å². The van der Waals surface area contributed by atoms with Crippen LogP contribution in [0, 0.1) is 0 Å². The SMILES string of the molecule is CCOC(=O)c1ccccc1NC(=O)C(N)C(=O)OCC. The molecule has 0 bridgehead atoms. The molecule has 0 saturated heterocycles. The number of hydrogen-bond donors (Lipinski definition) is 2. The number of ether oxygens (including phenoxy) is 2. The van der Waals surface area contributed by atoms with Crippen molar-refractivity contribution < 1.29 is 23.9 Å². The van der Waals surface area contributed by atoms with Crippen LogP contribution >= 0.6 is 0 Å². The Labute approximate surface area is 122 Å². The van der Waals surface area contributed by atoms with Crippen molar-refractivity contribution in [1.29, 1.82) is 0 Å². The Morgan fingerprint density at radius 3 is 2.38 bits per heavy atom. The number of anilines is 1. The molecule has 0 aliphatic carbocycles. The number of carbonyl (C=O) groups excluding carboxylic acids is 3. The molecule has 0 fully saturated rings. The quantitative estimate of drug-likeness (QED) is 0.590. The van der Waals surface area contributed by atoms with Gasteiger partial charge < -0.3 is 20.5 Å². The second-order valence-corrected chi connectivity index (χ2v) is 3.99. The van der Waals surface area contributed by atoms with Gasteiger partial charge in [-0.15, -0.1) is 0 Å². The van der Waals surface area contributed by atoms with Crippen LogP contribution in [-0.2, 0) is 19.1 Å². The Morgan fingerprint density at radius 2 is 1.76 bits per heavy atom. The van der Waals surface area contributed by atoms with Gasteiger partial charge in [-0.3, -0.25) is 4.79 Å². The highest BCUT2D eigenvalue weighted by Crippen LogP contribution is 2.16.